The smallest absolute Gasteiger partial charge is 0.345 e. The molecule has 0 aliphatic rings. The van der Waals surface area contributed by atoms with E-state index in [4.69, 9.17) is 10.2 Å². The number of esters is 2. The Kier molecular flexibility index (Phi) is 19.7. The second kappa shape index (κ2) is 17.5. The van der Waals surface area contributed by atoms with Crippen molar-refractivity contribution in [2.75, 3.05) is 6.61 Å². The molecule has 1 radical (unpaired) electrons. The fraction of sp³-hybridized carbons (Fsp3) is 0.875. The van der Waals surface area contributed by atoms with Crippen molar-refractivity contribution in [3.8, 4) is 0 Å². The van der Waals surface area contributed by atoms with Crippen molar-refractivity contribution in [2.24, 2.45) is 0 Å². The van der Waals surface area contributed by atoms with E-state index >= 15 is 0 Å². The van der Waals surface area contributed by atoms with Crippen LogP contribution in [-0.4, -0.2) is 97.5 Å². The minimum atomic E-state index is -1.89. The van der Waals surface area contributed by atoms with Crippen LogP contribution in [0.4, 0.5) is 0 Å². The second-order valence-electron chi connectivity index (χ2n) is 5.57. The van der Waals surface area contributed by atoms with Gasteiger partial charge in [0.05, 0.1) is 6.61 Å². The molecule has 0 saturated carbocycles. The van der Waals surface area contributed by atoms with E-state index in [0.29, 0.717) is 6.42 Å². The largest absolute Gasteiger partial charge is 0.394 e. The van der Waals surface area contributed by atoms with Crippen molar-refractivity contribution in [3.05, 3.63) is 0 Å². The summed E-state index contributed by atoms with van der Waals surface area (Å²) in [5.41, 5.74) is 0. The summed E-state index contributed by atoms with van der Waals surface area (Å²) in [5, 5.41) is 26.9. The molecule has 7 heteroatoms. The molecule has 3 N–H and O–H groups in total. The SMILES string of the molecule is CCCCCCCCCCCC(=O)OC(=O)[C@@H](O)[C@H](O)CO.[K]. The van der Waals surface area contributed by atoms with Crippen molar-refractivity contribution in [3.63, 3.8) is 0 Å². The normalized spacial score (nSPS) is 13.0. The molecule has 0 unspecified atom stereocenters. The van der Waals surface area contributed by atoms with E-state index in [0.717, 1.165) is 19.3 Å². The van der Waals surface area contributed by atoms with E-state index in [1.807, 2.05) is 0 Å². The van der Waals surface area contributed by atoms with Gasteiger partial charge in [0.25, 0.3) is 0 Å². The zero-order chi connectivity index (χ0) is 16.8. The predicted octanol–water partition coefficient (Wildman–Crippen LogP) is 1.31. The van der Waals surface area contributed by atoms with Gasteiger partial charge in [-0.2, -0.15) is 0 Å². The molecule has 0 aliphatic heterocycles. The number of ether oxygens (including phenoxy) is 1. The van der Waals surface area contributed by atoms with Crippen LogP contribution in [0.2, 0.25) is 0 Å². The van der Waals surface area contributed by atoms with Crippen LogP contribution < -0.4 is 0 Å². The molecule has 23 heavy (non-hydrogen) atoms. The molecule has 0 aromatic carbocycles. The molecule has 0 aliphatic carbocycles. The standard InChI is InChI=1S/C16H30O6.K/c1-2-3-4-5-6-7-8-9-10-11-14(19)22-16(21)15(20)13(18)12-17;/h13,15,17-18,20H,2-12H2,1H3;/t13-,15+;/m1./s1. The summed E-state index contributed by atoms with van der Waals surface area (Å²) in [4.78, 5) is 22.6. The van der Waals surface area contributed by atoms with Gasteiger partial charge in [0, 0.05) is 57.8 Å². The Bertz CT molecular complexity index is 311. The molecule has 0 spiro atoms. The third-order valence-electron chi connectivity index (χ3n) is 3.49. The van der Waals surface area contributed by atoms with E-state index in [9.17, 15) is 14.7 Å². The Morgan fingerprint density at radius 2 is 1.39 bits per heavy atom. The van der Waals surface area contributed by atoms with Gasteiger partial charge in [0.15, 0.2) is 6.10 Å². The van der Waals surface area contributed by atoms with Crippen LogP contribution >= 0.6 is 0 Å². The van der Waals surface area contributed by atoms with E-state index < -0.39 is 30.8 Å². The van der Waals surface area contributed by atoms with Crippen molar-refractivity contribution < 1.29 is 29.6 Å². The van der Waals surface area contributed by atoms with Crippen molar-refractivity contribution in [1.29, 1.82) is 0 Å². The molecule has 0 fully saturated rings. The zero-order valence-electron chi connectivity index (χ0n) is 14.5. The maximum Gasteiger partial charge on any atom is 0.345 e. The average molecular weight is 358 g/mol. The van der Waals surface area contributed by atoms with Crippen LogP contribution in [0, 0.1) is 0 Å². The number of hydrogen-bond donors (Lipinski definition) is 3. The minimum absolute atomic E-state index is 0. The molecular weight excluding hydrogens is 327 g/mol. The fourth-order valence-electron chi connectivity index (χ4n) is 2.06. The number of rotatable bonds is 13. The van der Waals surface area contributed by atoms with E-state index in [1.165, 1.54) is 32.1 Å². The zero-order valence-corrected chi connectivity index (χ0v) is 17.6. The van der Waals surface area contributed by atoms with Gasteiger partial charge in [-0.1, -0.05) is 58.3 Å². The average Bonchev–Trinajstić information content (AvgIpc) is 2.51. The first-order valence-electron chi connectivity index (χ1n) is 8.24. The number of unbranched alkanes of at least 4 members (excludes halogenated alkanes) is 8. The van der Waals surface area contributed by atoms with Crippen LogP contribution in [0.3, 0.4) is 0 Å². The van der Waals surface area contributed by atoms with E-state index in [2.05, 4.69) is 11.7 Å². The molecule has 0 aromatic rings. The van der Waals surface area contributed by atoms with Crippen molar-refractivity contribution in [1.82, 2.24) is 0 Å². The molecule has 131 valence electrons. The topological polar surface area (TPSA) is 104 Å². The van der Waals surface area contributed by atoms with E-state index in [1.54, 1.807) is 0 Å². The van der Waals surface area contributed by atoms with Crippen LogP contribution in [0.25, 0.3) is 0 Å². The molecule has 0 heterocycles. The van der Waals surface area contributed by atoms with Crippen LogP contribution in [0.5, 0.6) is 0 Å². The van der Waals surface area contributed by atoms with Gasteiger partial charge < -0.3 is 20.1 Å². The predicted molar refractivity (Wildman–Crippen MR) is 87.8 cm³/mol. The van der Waals surface area contributed by atoms with Gasteiger partial charge in [0.2, 0.25) is 0 Å². The van der Waals surface area contributed by atoms with Gasteiger partial charge in [-0.25, -0.2) is 4.79 Å². The molecule has 0 aromatic heterocycles. The maximum atomic E-state index is 11.4. The Morgan fingerprint density at radius 1 is 0.913 bits per heavy atom. The first-order chi connectivity index (χ1) is 10.5. The number of hydrogen-bond acceptors (Lipinski definition) is 6. The summed E-state index contributed by atoms with van der Waals surface area (Å²) in [7, 11) is 0. The summed E-state index contributed by atoms with van der Waals surface area (Å²) in [6.07, 6.45) is 6.63. The first kappa shape index (κ1) is 25.9. The van der Waals surface area contributed by atoms with Gasteiger partial charge in [-0.3, -0.25) is 4.79 Å². The van der Waals surface area contributed by atoms with Crippen molar-refractivity contribution >= 4 is 63.3 Å². The Labute approximate surface area is 181 Å². The molecule has 2 atom stereocenters. The van der Waals surface area contributed by atoms with Crippen LogP contribution in [0.1, 0.15) is 71.1 Å². The molecular formula is C16H30KO6. The number of carbonyl (C=O) groups excluding carboxylic acids is 2. The summed E-state index contributed by atoms with van der Waals surface area (Å²) in [5.74, 6) is -1.93. The fourth-order valence-corrected chi connectivity index (χ4v) is 2.06. The van der Waals surface area contributed by atoms with Crippen molar-refractivity contribution in [2.45, 2.75) is 83.3 Å². The quantitative estimate of drug-likeness (QED) is 0.199. The van der Waals surface area contributed by atoms with Crippen LogP contribution in [0.15, 0.2) is 0 Å². The molecule has 0 rings (SSSR count). The molecule has 0 saturated heterocycles. The van der Waals surface area contributed by atoms with E-state index in [-0.39, 0.29) is 57.8 Å². The molecule has 6 nitrogen and oxygen atoms in total. The minimum Gasteiger partial charge on any atom is -0.394 e. The number of aliphatic hydroxyl groups is 3. The van der Waals surface area contributed by atoms with Crippen LogP contribution in [-0.2, 0) is 14.3 Å². The Hall–Kier alpha value is 0.656. The number of aliphatic hydroxyl groups excluding tert-OH is 3. The summed E-state index contributed by atoms with van der Waals surface area (Å²) >= 11 is 0. The molecule has 0 amide bonds. The Morgan fingerprint density at radius 3 is 1.87 bits per heavy atom. The van der Waals surface area contributed by atoms with Gasteiger partial charge in [0.1, 0.15) is 6.10 Å². The monoisotopic (exact) mass is 357 g/mol. The van der Waals surface area contributed by atoms with Gasteiger partial charge >= 0.3 is 11.9 Å². The first-order valence-corrected chi connectivity index (χ1v) is 8.24. The summed E-state index contributed by atoms with van der Waals surface area (Å²) in [6.45, 7) is 1.41. The summed E-state index contributed by atoms with van der Waals surface area (Å²) < 4.78 is 4.41. The maximum absolute atomic E-state index is 11.4. The second-order valence-corrected chi connectivity index (χ2v) is 5.57. The Balaban J connectivity index is 0. The third-order valence-corrected chi connectivity index (χ3v) is 3.49. The third kappa shape index (κ3) is 14.7. The van der Waals surface area contributed by atoms with Gasteiger partial charge in [-0.15, -0.1) is 0 Å². The summed E-state index contributed by atoms with van der Waals surface area (Å²) in [6, 6.07) is 0. The molecule has 0 bridgehead atoms. The van der Waals surface area contributed by atoms with Gasteiger partial charge in [-0.05, 0) is 6.42 Å². The number of carbonyl (C=O) groups is 2.